The molecule has 2 aromatic carbocycles. The van der Waals surface area contributed by atoms with E-state index in [9.17, 15) is 9.59 Å². The van der Waals surface area contributed by atoms with Crippen molar-refractivity contribution >= 4 is 34.4 Å². The quantitative estimate of drug-likeness (QED) is 0.622. The zero-order valence-corrected chi connectivity index (χ0v) is 17.3. The van der Waals surface area contributed by atoms with Gasteiger partial charge in [0.2, 0.25) is 0 Å². The van der Waals surface area contributed by atoms with Gasteiger partial charge in [0, 0.05) is 42.2 Å². The minimum absolute atomic E-state index is 0.00536. The Kier molecular flexibility index (Phi) is 5.33. The van der Waals surface area contributed by atoms with Gasteiger partial charge in [0.05, 0.1) is 0 Å². The fraction of sp³-hybridized carbons (Fsp3) is 0.304. The van der Waals surface area contributed by atoms with Gasteiger partial charge in [-0.2, -0.15) is 0 Å². The molecule has 0 aliphatic carbocycles. The molecule has 0 bridgehead atoms. The number of fused-ring (bicyclic) bond motifs is 1. The first-order valence-corrected chi connectivity index (χ1v) is 10.2. The van der Waals surface area contributed by atoms with Crippen molar-refractivity contribution < 1.29 is 14.0 Å². The largest absolute Gasteiger partial charge is 0.451 e. The molecule has 2 amide bonds. The number of nitrogens with zero attached hydrogens (tertiary/aromatic N) is 2. The van der Waals surface area contributed by atoms with E-state index in [1.807, 2.05) is 24.3 Å². The van der Waals surface area contributed by atoms with E-state index in [0.717, 1.165) is 5.39 Å². The van der Waals surface area contributed by atoms with Crippen molar-refractivity contribution in [1.82, 2.24) is 9.80 Å². The molecule has 29 heavy (non-hydrogen) atoms. The molecule has 0 atom stereocenters. The van der Waals surface area contributed by atoms with Crippen molar-refractivity contribution in [2.45, 2.75) is 19.8 Å². The summed E-state index contributed by atoms with van der Waals surface area (Å²) < 4.78 is 5.68. The van der Waals surface area contributed by atoms with Crippen LogP contribution in [0.15, 0.2) is 52.9 Å². The molecular formula is C23H23ClN2O3. The van der Waals surface area contributed by atoms with Gasteiger partial charge in [0.1, 0.15) is 5.58 Å². The lowest BCUT2D eigenvalue weighted by atomic mass is 10.0. The van der Waals surface area contributed by atoms with Gasteiger partial charge in [0.25, 0.3) is 11.8 Å². The Morgan fingerprint density at radius 3 is 2.14 bits per heavy atom. The molecule has 0 spiro atoms. The van der Waals surface area contributed by atoms with Crippen LogP contribution in [0.2, 0.25) is 5.02 Å². The Balaban J connectivity index is 1.40. The lowest BCUT2D eigenvalue weighted by Crippen LogP contribution is -2.50. The molecule has 1 saturated heterocycles. The second-order valence-corrected chi connectivity index (χ2v) is 8.09. The summed E-state index contributed by atoms with van der Waals surface area (Å²) in [7, 11) is 0. The molecule has 150 valence electrons. The maximum Gasteiger partial charge on any atom is 0.289 e. The first-order valence-electron chi connectivity index (χ1n) is 9.80. The first kappa shape index (κ1) is 19.5. The summed E-state index contributed by atoms with van der Waals surface area (Å²) in [4.78, 5) is 29.1. The summed E-state index contributed by atoms with van der Waals surface area (Å²) in [5, 5.41) is 1.41. The smallest absolute Gasteiger partial charge is 0.289 e. The second-order valence-electron chi connectivity index (χ2n) is 7.65. The molecule has 0 unspecified atom stereocenters. The van der Waals surface area contributed by atoms with Crippen LogP contribution in [0, 0.1) is 0 Å². The van der Waals surface area contributed by atoms with E-state index in [-0.39, 0.29) is 11.8 Å². The molecule has 0 saturated carbocycles. The normalized spacial score (nSPS) is 14.6. The Morgan fingerprint density at radius 2 is 1.52 bits per heavy atom. The number of carbonyl (C=O) groups is 2. The molecule has 0 N–H and O–H groups in total. The van der Waals surface area contributed by atoms with Gasteiger partial charge in [-0.05, 0) is 47.9 Å². The average Bonchev–Trinajstić information content (AvgIpc) is 3.16. The van der Waals surface area contributed by atoms with Gasteiger partial charge in [-0.15, -0.1) is 0 Å². The first-order chi connectivity index (χ1) is 13.9. The van der Waals surface area contributed by atoms with Crippen molar-refractivity contribution in [1.29, 1.82) is 0 Å². The monoisotopic (exact) mass is 410 g/mol. The van der Waals surface area contributed by atoms with E-state index >= 15 is 0 Å². The summed E-state index contributed by atoms with van der Waals surface area (Å²) in [6.07, 6.45) is 0. The van der Waals surface area contributed by atoms with Crippen LogP contribution in [0.25, 0.3) is 11.0 Å². The maximum absolute atomic E-state index is 12.8. The van der Waals surface area contributed by atoms with Gasteiger partial charge < -0.3 is 14.2 Å². The van der Waals surface area contributed by atoms with E-state index in [1.54, 1.807) is 34.1 Å². The number of furan rings is 1. The summed E-state index contributed by atoms with van der Waals surface area (Å²) in [5.41, 5.74) is 2.53. The number of hydrogen-bond acceptors (Lipinski definition) is 3. The molecule has 1 aliphatic heterocycles. The van der Waals surface area contributed by atoms with Crippen LogP contribution in [-0.2, 0) is 0 Å². The lowest BCUT2D eigenvalue weighted by molar-refractivity contribution is 0.0519. The van der Waals surface area contributed by atoms with Crippen molar-refractivity contribution in [3.63, 3.8) is 0 Å². The van der Waals surface area contributed by atoms with Crippen LogP contribution in [0.5, 0.6) is 0 Å². The van der Waals surface area contributed by atoms with Crippen molar-refractivity contribution in [3.05, 3.63) is 70.4 Å². The fourth-order valence-electron chi connectivity index (χ4n) is 3.58. The highest BCUT2D eigenvalue weighted by Crippen LogP contribution is 2.24. The van der Waals surface area contributed by atoms with Gasteiger partial charge in [0.15, 0.2) is 5.76 Å². The van der Waals surface area contributed by atoms with E-state index in [1.165, 1.54) is 5.56 Å². The van der Waals surface area contributed by atoms with Crippen LogP contribution in [0.1, 0.15) is 46.2 Å². The van der Waals surface area contributed by atoms with Gasteiger partial charge in [-0.25, -0.2) is 0 Å². The van der Waals surface area contributed by atoms with Crippen LogP contribution in [0.4, 0.5) is 0 Å². The standard InChI is InChI=1S/C23H23ClN2O3/c1-15(2)16-3-5-17(6-4-16)22(27)25-9-11-26(12-10-25)23(28)21-14-18-13-19(24)7-8-20(18)29-21/h3-8,13-15H,9-12H2,1-2H3. The van der Waals surface area contributed by atoms with Crippen LogP contribution in [-0.4, -0.2) is 47.8 Å². The molecule has 2 heterocycles. The zero-order chi connectivity index (χ0) is 20.5. The van der Waals surface area contributed by atoms with E-state index in [4.69, 9.17) is 16.0 Å². The second kappa shape index (κ2) is 7.91. The Bertz CT molecular complexity index is 1050. The molecule has 4 rings (SSSR count). The lowest BCUT2D eigenvalue weighted by Gasteiger charge is -2.34. The van der Waals surface area contributed by atoms with Crippen LogP contribution >= 0.6 is 11.6 Å². The van der Waals surface area contributed by atoms with Crippen molar-refractivity contribution in [2.24, 2.45) is 0 Å². The number of carbonyl (C=O) groups excluding carboxylic acids is 2. The summed E-state index contributed by atoms with van der Waals surface area (Å²) >= 11 is 6.00. The predicted molar refractivity (Wildman–Crippen MR) is 114 cm³/mol. The third-order valence-electron chi connectivity index (χ3n) is 5.37. The molecule has 5 nitrogen and oxygen atoms in total. The van der Waals surface area contributed by atoms with Gasteiger partial charge in [-0.3, -0.25) is 9.59 Å². The van der Waals surface area contributed by atoms with Crippen molar-refractivity contribution in [3.8, 4) is 0 Å². The molecule has 1 aromatic heterocycles. The molecule has 1 aliphatic rings. The van der Waals surface area contributed by atoms with Crippen LogP contribution in [0.3, 0.4) is 0 Å². The molecule has 0 radical (unpaired) electrons. The molecule has 6 heteroatoms. The highest BCUT2D eigenvalue weighted by atomic mass is 35.5. The highest BCUT2D eigenvalue weighted by molar-refractivity contribution is 6.31. The van der Waals surface area contributed by atoms with Gasteiger partial charge >= 0.3 is 0 Å². The van der Waals surface area contributed by atoms with Crippen LogP contribution < -0.4 is 0 Å². The molecular weight excluding hydrogens is 388 g/mol. The topological polar surface area (TPSA) is 53.8 Å². The summed E-state index contributed by atoms with van der Waals surface area (Å²) in [5.74, 6) is 0.575. The highest BCUT2D eigenvalue weighted by Gasteiger charge is 2.27. The minimum Gasteiger partial charge on any atom is -0.451 e. The SMILES string of the molecule is CC(C)c1ccc(C(=O)N2CCN(C(=O)c3cc4cc(Cl)ccc4o3)CC2)cc1. The third kappa shape index (κ3) is 4.01. The number of hydrogen-bond donors (Lipinski definition) is 0. The average molecular weight is 411 g/mol. The summed E-state index contributed by atoms with van der Waals surface area (Å²) in [6.45, 7) is 6.22. The molecule has 3 aromatic rings. The minimum atomic E-state index is -0.161. The third-order valence-corrected chi connectivity index (χ3v) is 5.60. The Labute approximate surface area is 174 Å². The fourth-order valence-corrected chi connectivity index (χ4v) is 3.76. The van der Waals surface area contributed by atoms with Crippen molar-refractivity contribution in [2.75, 3.05) is 26.2 Å². The molecule has 1 fully saturated rings. The number of benzene rings is 2. The zero-order valence-electron chi connectivity index (χ0n) is 16.5. The Morgan fingerprint density at radius 1 is 0.897 bits per heavy atom. The van der Waals surface area contributed by atoms with Gasteiger partial charge in [-0.1, -0.05) is 37.6 Å². The van der Waals surface area contributed by atoms with E-state index in [2.05, 4.69) is 13.8 Å². The number of rotatable bonds is 3. The van der Waals surface area contributed by atoms with E-state index < -0.39 is 0 Å². The van der Waals surface area contributed by atoms with E-state index in [0.29, 0.717) is 54.0 Å². The predicted octanol–water partition coefficient (Wildman–Crippen LogP) is 4.81. The number of halogens is 1. The number of piperazine rings is 1. The maximum atomic E-state index is 12.8. The summed E-state index contributed by atoms with van der Waals surface area (Å²) in [6, 6.07) is 14.8. The Hall–Kier alpha value is -2.79. The number of amides is 2.